The minimum atomic E-state index is -0.877. The van der Waals surface area contributed by atoms with Crippen molar-refractivity contribution in [3.63, 3.8) is 0 Å². The number of carboxylic acid groups (broad SMARTS) is 1. The average molecular weight is 312 g/mol. The van der Waals surface area contributed by atoms with Crippen LogP contribution < -0.4 is 0 Å². The number of carboxylic acids is 1. The van der Waals surface area contributed by atoms with Crippen LogP contribution in [0, 0.1) is 0 Å². The van der Waals surface area contributed by atoms with Gasteiger partial charge in [0.15, 0.2) is 0 Å². The van der Waals surface area contributed by atoms with Gasteiger partial charge in [-0.15, -0.1) is 0 Å². The molecule has 0 aliphatic carbocycles. The predicted octanol–water partition coefficient (Wildman–Crippen LogP) is 5.28. The highest BCUT2D eigenvalue weighted by Crippen LogP contribution is 2.25. The van der Waals surface area contributed by atoms with Gasteiger partial charge in [0.1, 0.15) is 0 Å². The molecule has 4 aromatic carbocycles. The number of benzene rings is 4. The summed E-state index contributed by atoms with van der Waals surface area (Å²) in [4.78, 5) is 11.4. The zero-order valence-corrected chi connectivity index (χ0v) is 13.1. The molecule has 4 rings (SSSR count). The van der Waals surface area contributed by atoms with Crippen LogP contribution in [0.4, 0.5) is 0 Å². The lowest BCUT2D eigenvalue weighted by atomic mass is 9.96. The second-order valence-electron chi connectivity index (χ2n) is 6.02. The van der Waals surface area contributed by atoms with Crippen LogP contribution in [0.1, 0.15) is 21.5 Å². The van der Waals surface area contributed by atoms with Crippen molar-refractivity contribution in [3.05, 3.63) is 95.6 Å². The lowest BCUT2D eigenvalue weighted by Gasteiger charge is -2.08. The fraction of sp³-hybridized carbons (Fsp3) is 0.0455. The summed E-state index contributed by atoms with van der Waals surface area (Å²) in [5.41, 5.74) is 2.33. The molecule has 2 nitrogen and oxygen atoms in total. The standard InChI is InChI=1S/C22H16O2/c23-22(24)21-8-4-3-7-19(21)11-15-9-10-18-13-16-5-1-2-6-17(16)14-20(18)12-15/h1-10,12-14H,11H2,(H,23,24). The first-order valence-electron chi connectivity index (χ1n) is 7.93. The molecule has 0 fully saturated rings. The fourth-order valence-corrected chi connectivity index (χ4v) is 3.20. The Hall–Kier alpha value is -3.13. The second-order valence-corrected chi connectivity index (χ2v) is 6.02. The van der Waals surface area contributed by atoms with Gasteiger partial charge in [-0.2, -0.15) is 0 Å². The molecule has 0 unspecified atom stereocenters. The summed E-state index contributed by atoms with van der Waals surface area (Å²) in [7, 11) is 0. The van der Waals surface area contributed by atoms with Gasteiger partial charge in [0.25, 0.3) is 0 Å². The molecule has 0 aliphatic rings. The van der Waals surface area contributed by atoms with Crippen molar-refractivity contribution in [3.8, 4) is 0 Å². The Morgan fingerprint density at radius 2 is 1.33 bits per heavy atom. The molecule has 0 radical (unpaired) electrons. The highest BCUT2D eigenvalue weighted by Gasteiger charge is 2.09. The van der Waals surface area contributed by atoms with Crippen LogP contribution in [0.25, 0.3) is 21.5 Å². The number of fused-ring (bicyclic) bond motifs is 2. The first-order chi connectivity index (χ1) is 11.7. The normalized spacial score (nSPS) is 11.0. The quantitative estimate of drug-likeness (QED) is 0.522. The minimum Gasteiger partial charge on any atom is -0.478 e. The summed E-state index contributed by atoms with van der Waals surface area (Å²) in [6, 6.07) is 26.2. The van der Waals surface area contributed by atoms with E-state index in [0.29, 0.717) is 12.0 Å². The summed E-state index contributed by atoms with van der Waals surface area (Å²) in [5.74, 6) is -0.877. The Morgan fingerprint density at radius 1 is 0.708 bits per heavy atom. The van der Waals surface area contributed by atoms with Gasteiger partial charge in [-0.05, 0) is 57.3 Å². The van der Waals surface area contributed by atoms with Gasteiger partial charge in [-0.25, -0.2) is 4.79 Å². The molecule has 2 heteroatoms. The van der Waals surface area contributed by atoms with Crippen molar-refractivity contribution in [1.29, 1.82) is 0 Å². The average Bonchev–Trinajstić information content (AvgIpc) is 2.60. The lowest BCUT2D eigenvalue weighted by molar-refractivity contribution is 0.0696. The summed E-state index contributed by atoms with van der Waals surface area (Å²) in [6.45, 7) is 0. The van der Waals surface area contributed by atoms with Crippen LogP contribution >= 0.6 is 0 Å². The summed E-state index contributed by atoms with van der Waals surface area (Å²) in [5, 5.41) is 14.2. The number of hydrogen-bond acceptors (Lipinski definition) is 1. The molecule has 0 aliphatic heterocycles. The monoisotopic (exact) mass is 312 g/mol. The Kier molecular flexibility index (Phi) is 3.51. The van der Waals surface area contributed by atoms with E-state index in [9.17, 15) is 9.90 Å². The van der Waals surface area contributed by atoms with Gasteiger partial charge in [0.05, 0.1) is 5.56 Å². The van der Waals surface area contributed by atoms with Crippen molar-refractivity contribution in [2.75, 3.05) is 0 Å². The molecule has 4 aromatic rings. The molecule has 24 heavy (non-hydrogen) atoms. The van der Waals surface area contributed by atoms with Gasteiger partial charge in [-0.3, -0.25) is 0 Å². The second kappa shape index (κ2) is 5.82. The first-order valence-corrected chi connectivity index (χ1v) is 7.93. The number of hydrogen-bond donors (Lipinski definition) is 1. The van der Waals surface area contributed by atoms with Crippen LogP contribution in [0.2, 0.25) is 0 Å². The molecule has 0 saturated heterocycles. The third kappa shape index (κ3) is 2.63. The largest absolute Gasteiger partial charge is 0.478 e. The minimum absolute atomic E-state index is 0.371. The van der Waals surface area contributed by atoms with Crippen molar-refractivity contribution in [2.24, 2.45) is 0 Å². The zero-order valence-electron chi connectivity index (χ0n) is 13.1. The lowest BCUT2D eigenvalue weighted by Crippen LogP contribution is -2.02. The third-order valence-corrected chi connectivity index (χ3v) is 4.41. The van der Waals surface area contributed by atoms with E-state index in [-0.39, 0.29) is 0 Å². The smallest absolute Gasteiger partial charge is 0.335 e. The summed E-state index contributed by atoms with van der Waals surface area (Å²) in [6.07, 6.45) is 0.616. The van der Waals surface area contributed by atoms with Gasteiger partial charge in [-0.1, -0.05) is 60.7 Å². The van der Waals surface area contributed by atoms with E-state index in [1.54, 1.807) is 12.1 Å². The maximum absolute atomic E-state index is 11.4. The molecule has 0 spiro atoms. The Balaban J connectivity index is 1.78. The van der Waals surface area contributed by atoms with Crippen LogP contribution in [-0.4, -0.2) is 11.1 Å². The molecular weight excluding hydrogens is 296 g/mol. The van der Waals surface area contributed by atoms with E-state index >= 15 is 0 Å². The molecule has 0 amide bonds. The maximum atomic E-state index is 11.4. The SMILES string of the molecule is O=C(O)c1ccccc1Cc1ccc2cc3ccccc3cc2c1. The first kappa shape index (κ1) is 14.5. The molecule has 0 atom stereocenters. The van der Waals surface area contributed by atoms with E-state index in [1.807, 2.05) is 24.3 Å². The predicted molar refractivity (Wildman–Crippen MR) is 97.7 cm³/mol. The van der Waals surface area contributed by atoms with Crippen LogP contribution in [0.3, 0.4) is 0 Å². The number of carbonyl (C=O) groups is 1. The number of rotatable bonds is 3. The van der Waals surface area contributed by atoms with Gasteiger partial charge in [0, 0.05) is 0 Å². The van der Waals surface area contributed by atoms with E-state index < -0.39 is 5.97 Å². The maximum Gasteiger partial charge on any atom is 0.335 e. The van der Waals surface area contributed by atoms with Gasteiger partial charge in [0.2, 0.25) is 0 Å². The van der Waals surface area contributed by atoms with E-state index in [1.165, 1.54) is 21.5 Å². The Morgan fingerprint density at radius 3 is 2.08 bits per heavy atom. The van der Waals surface area contributed by atoms with Crippen molar-refractivity contribution < 1.29 is 9.90 Å². The molecule has 0 saturated carbocycles. The molecule has 116 valence electrons. The van der Waals surface area contributed by atoms with Crippen LogP contribution in [-0.2, 0) is 6.42 Å². The van der Waals surface area contributed by atoms with E-state index in [2.05, 4.69) is 42.5 Å². The van der Waals surface area contributed by atoms with Crippen molar-refractivity contribution >= 4 is 27.5 Å². The molecule has 1 N–H and O–H groups in total. The van der Waals surface area contributed by atoms with Crippen LogP contribution in [0.15, 0.2) is 78.9 Å². The Bertz CT molecular complexity index is 1060. The third-order valence-electron chi connectivity index (χ3n) is 4.41. The fourth-order valence-electron chi connectivity index (χ4n) is 3.20. The Labute approximate surface area is 140 Å². The molecule has 0 bridgehead atoms. The highest BCUT2D eigenvalue weighted by molar-refractivity contribution is 5.98. The molecule has 0 aromatic heterocycles. The van der Waals surface area contributed by atoms with E-state index in [4.69, 9.17) is 0 Å². The van der Waals surface area contributed by atoms with Crippen molar-refractivity contribution in [2.45, 2.75) is 6.42 Å². The highest BCUT2D eigenvalue weighted by atomic mass is 16.4. The van der Waals surface area contributed by atoms with Gasteiger partial charge >= 0.3 is 5.97 Å². The van der Waals surface area contributed by atoms with Gasteiger partial charge < -0.3 is 5.11 Å². The van der Waals surface area contributed by atoms with Crippen molar-refractivity contribution in [1.82, 2.24) is 0 Å². The van der Waals surface area contributed by atoms with E-state index in [0.717, 1.165) is 11.1 Å². The van der Waals surface area contributed by atoms with Crippen LogP contribution in [0.5, 0.6) is 0 Å². The molecule has 0 heterocycles. The molecular formula is C22H16O2. The number of aromatic carboxylic acids is 1. The zero-order chi connectivity index (χ0) is 16.5. The topological polar surface area (TPSA) is 37.3 Å². The summed E-state index contributed by atoms with van der Waals surface area (Å²) < 4.78 is 0. The summed E-state index contributed by atoms with van der Waals surface area (Å²) >= 11 is 0.